The first-order valence-electron chi connectivity index (χ1n) is 9.30. The molecule has 1 atom stereocenters. The summed E-state index contributed by atoms with van der Waals surface area (Å²) >= 11 is 0. The van der Waals surface area contributed by atoms with Crippen LogP contribution in [0.5, 0.6) is 0 Å². The Labute approximate surface area is 175 Å². The van der Waals surface area contributed by atoms with Gasteiger partial charge in [-0.05, 0) is 32.3 Å². The first-order chi connectivity index (χ1) is 12.0. The maximum Gasteiger partial charge on any atom is 0.230 e. The predicted molar refractivity (Wildman–Crippen MR) is 119 cm³/mol. The second-order valence-electron chi connectivity index (χ2n) is 7.16. The third-order valence-electron chi connectivity index (χ3n) is 4.96. The van der Waals surface area contributed by atoms with E-state index >= 15 is 0 Å². The lowest BCUT2D eigenvalue weighted by Gasteiger charge is -2.29. The molecule has 26 heavy (non-hydrogen) atoms. The summed E-state index contributed by atoms with van der Waals surface area (Å²) in [6.45, 7) is 5.52. The molecule has 1 amide bonds. The van der Waals surface area contributed by atoms with E-state index in [9.17, 15) is 4.79 Å². The topological polar surface area (TPSA) is 56.7 Å². The Morgan fingerprint density at radius 1 is 1.23 bits per heavy atom. The molecule has 1 fully saturated rings. The molecule has 1 saturated carbocycles. The summed E-state index contributed by atoms with van der Waals surface area (Å²) in [6, 6.07) is 10.5. The van der Waals surface area contributed by atoms with Gasteiger partial charge in [0.25, 0.3) is 0 Å². The number of carbonyl (C=O) groups excluding carboxylic acids is 1. The van der Waals surface area contributed by atoms with Crippen LogP contribution in [-0.4, -0.2) is 44.0 Å². The van der Waals surface area contributed by atoms with E-state index in [4.69, 9.17) is 4.99 Å². The number of hydrogen-bond donors (Lipinski definition) is 2. The van der Waals surface area contributed by atoms with Crippen LogP contribution < -0.4 is 10.6 Å². The van der Waals surface area contributed by atoms with E-state index in [1.165, 1.54) is 5.56 Å². The molecule has 0 saturated heterocycles. The average Bonchev–Trinajstić information content (AvgIpc) is 3.10. The van der Waals surface area contributed by atoms with Crippen LogP contribution in [0.3, 0.4) is 0 Å². The van der Waals surface area contributed by atoms with Crippen molar-refractivity contribution in [1.82, 2.24) is 15.5 Å². The van der Waals surface area contributed by atoms with Crippen molar-refractivity contribution in [2.24, 2.45) is 10.4 Å². The number of amides is 1. The second-order valence-corrected chi connectivity index (χ2v) is 7.16. The molecule has 0 aromatic heterocycles. The van der Waals surface area contributed by atoms with Crippen molar-refractivity contribution >= 4 is 35.8 Å². The molecule has 0 spiro atoms. The van der Waals surface area contributed by atoms with Crippen LogP contribution in [0.4, 0.5) is 0 Å². The number of benzene rings is 1. The van der Waals surface area contributed by atoms with Crippen LogP contribution in [0.2, 0.25) is 0 Å². The number of carbonyl (C=O) groups is 1. The fourth-order valence-corrected chi connectivity index (χ4v) is 3.55. The molecule has 2 rings (SSSR count). The molecule has 0 bridgehead atoms. The normalized spacial score (nSPS) is 17.2. The Morgan fingerprint density at radius 3 is 2.38 bits per heavy atom. The zero-order valence-electron chi connectivity index (χ0n) is 16.4. The van der Waals surface area contributed by atoms with Gasteiger partial charge in [-0.15, -0.1) is 24.0 Å². The lowest BCUT2D eigenvalue weighted by molar-refractivity contribution is -0.138. The third-order valence-corrected chi connectivity index (χ3v) is 4.96. The minimum Gasteiger partial charge on any atom is -0.357 e. The molecule has 1 aliphatic rings. The van der Waals surface area contributed by atoms with Gasteiger partial charge in [-0.25, -0.2) is 0 Å². The monoisotopic (exact) mass is 472 g/mol. The standard InChI is InChI=1S/C20H32N4O.HI/c1-5-21-19(23-16(2)17-11-7-6-8-12-17)22-15-20(13-9-10-14-20)18(25)24(3)4;/h6-8,11-12,16H,5,9-10,13-15H2,1-4H3,(H2,21,22,23);1H. The molecule has 1 aromatic carbocycles. The van der Waals surface area contributed by atoms with Crippen molar-refractivity contribution in [1.29, 1.82) is 0 Å². The Kier molecular flexibility index (Phi) is 9.39. The number of halogens is 1. The maximum atomic E-state index is 12.7. The molecular formula is C20H33IN4O. The fraction of sp³-hybridized carbons (Fsp3) is 0.600. The molecule has 146 valence electrons. The summed E-state index contributed by atoms with van der Waals surface area (Å²) in [4.78, 5) is 19.2. The van der Waals surface area contributed by atoms with Gasteiger partial charge in [0.15, 0.2) is 5.96 Å². The van der Waals surface area contributed by atoms with E-state index in [2.05, 4.69) is 36.6 Å². The Bertz CT molecular complexity index is 583. The van der Waals surface area contributed by atoms with Crippen molar-refractivity contribution in [3.05, 3.63) is 35.9 Å². The van der Waals surface area contributed by atoms with Gasteiger partial charge in [0.2, 0.25) is 5.91 Å². The summed E-state index contributed by atoms with van der Waals surface area (Å²) < 4.78 is 0. The van der Waals surface area contributed by atoms with Crippen LogP contribution in [0, 0.1) is 5.41 Å². The van der Waals surface area contributed by atoms with E-state index in [-0.39, 0.29) is 41.3 Å². The highest BCUT2D eigenvalue weighted by molar-refractivity contribution is 14.0. The van der Waals surface area contributed by atoms with Crippen molar-refractivity contribution in [2.75, 3.05) is 27.2 Å². The summed E-state index contributed by atoms with van der Waals surface area (Å²) in [5.41, 5.74) is 0.884. The highest BCUT2D eigenvalue weighted by atomic mass is 127. The molecule has 0 heterocycles. The molecule has 0 aliphatic heterocycles. The summed E-state index contributed by atoms with van der Waals surface area (Å²) in [7, 11) is 3.68. The number of guanidine groups is 1. The van der Waals surface area contributed by atoms with Gasteiger partial charge in [-0.2, -0.15) is 0 Å². The minimum absolute atomic E-state index is 0. The fourth-order valence-electron chi connectivity index (χ4n) is 3.55. The molecule has 0 radical (unpaired) electrons. The quantitative estimate of drug-likeness (QED) is 0.378. The minimum atomic E-state index is -0.332. The van der Waals surface area contributed by atoms with Crippen LogP contribution in [0.25, 0.3) is 0 Å². The lowest BCUT2D eigenvalue weighted by atomic mass is 9.85. The lowest BCUT2D eigenvalue weighted by Crippen LogP contribution is -2.43. The molecule has 6 heteroatoms. The predicted octanol–water partition coefficient (Wildman–Crippen LogP) is 3.57. The van der Waals surface area contributed by atoms with Crippen molar-refractivity contribution < 1.29 is 4.79 Å². The number of nitrogens with one attached hydrogen (secondary N) is 2. The van der Waals surface area contributed by atoms with E-state index in [1.807, 2.05) is 32.3 Å². The van der Waals surface area contributed by atoms with Gasteiger partial charge >= 0.3 is 0 Å². The second kappa shape index (κ2) is 10.7. The molecule has 1 aromatic rings. The first-order valence-corrected chi connectivity index (χ1v) is 9.30. The van der Waals surface area contributed by atoms with Crippen LogP contribution in [-0.2, 0) is 4.79 Å². The Morgan fingerprint density at radius 2 is 1.85 bits per heavy atom. The Hall–Kier alpha value is -1.31. The summed E-state index contributed by atoms with van der Waals surface area (Å²) in [6.07, 6.45) is 4.08. The summed E-state index contributed by atoms with van der Waals surface area (Å²) in [5.74, 6) is 0.984. The highest BCUT2D eigenvalue weighted by Gasteiger charge is 2.42. The van der Waals surface area contributed by atoms with E-state index < -0.39 is 0 Å². The largest absolute Gasteiger partial charge is 0.357 e. The maximum absolute atomic E-state index is 12.7. The molecule has 1 unspecified atom stereocenters. The van der Waals surface area contributed by atoms with E-state index in [0.717, 1.165) is 38.2 Å². The van der Waals surface area contributed by atoms with Crippen molar-refractivity contribution in [3.8, 4) is 0 Å². The first kappa shape index (κ1) is 22.7. The number of aliphatic imine (C=N–C) groups is 1. The van der Waals surface area contributed by atoms with Crippen LogP contribution >= 0.6 is 24.0 Å². The number of rotatable bonds is 6. The van der Waals surface area contributed by atoms with Gasteiger partial charge in [0, 0.05) is 20.6 Å². The van der Waals surface area contributed by atoms with Crippen molar-refractivity contribution in [3.63, 3.8) is 0 Å². The Balaban J connectivity index is 0.00000338. The zero-order valence-corrected chi connectivity index (χ0v) is 18.7. The highest BCUT2D eigenvalue weighted by Crippen LogP contribution is 2.39. The molecule has 1 aliphatic carbocycles. The van der Waals surface area contributed by atoms with Crippen LogP contribution in [0.1, 0.15) is 51.1 Å². The SMILES string of the molecule is CCNC(=NCC1(C(=O)N(C)C)CCCC1)NC(C)c1ccccc1.I. The van der Waals surface area contributed by atoms with Crippen molar-refractivity contribution in [2.45, 2.75) is 45.6 Å². The third kappa shape index (κ3) is 5.86. The van der Waals surface area contributed by atoms with Gasteiger partial charge < -0.3 is 15.5 Å². The van der Waals surface area contributed by atoms with Gasteiger partial charge in [0.1, 0.15) is 0 Å². The van der Waals surface area contributed by atoms with Gasteiger partial charge in [-0.1, -0.05) is 43.2 Å². The molecular weight excluding hydrogens is 439 g/mol. The van der Waals surface area contributed by atoms with Crippen LogP contribution in [0.15, 0.2) is 35.3 Å². The number of nitrogens with zero attached hydrogens (tertiary/aromatic N) is 2. The average molecular weight is 472 g/mol. The summed E-state index contributed by atoms with van der Waals surface area (Å²) in [5, 5.41) is 6.76. The van der Waals surface area contributed by atoms with E-state index in [0.29, 0.717) is 6.54 Å². The smallest absolute Gasteiger partial charge is 0.230 e. The van der Waals surface area contributed by atoms with E-state index in [1.54, 1.807) is 4.90 Å². The van der Waals surface area contributed by atoms with Gasteiger partial charge in [0.05, 0.1) is 18.0 Å². The zero-order chi connectivity index (χ0) is 18.3. The molecule has 2 N–H and O–H groups in total. The number of hydrogen-bond acceptors (Lipinski definition) is 2. The molecule has 5 nitrogen and oxygen atoms in total. The van der Waals surface area contributed by atoms with Gasteiger partial charge in [-0.3, -0.25) is 9.79 Å².